The number of halogens is 4. The van der Waals surface area contributed by atoms with E-state index in [1.807, 2.05) is 24.3 Å². The molecule has 0 bridgehead atoms. The van der Waals surface area contributed by atoms with Crippen LogP contribution in [0.3, 0.4) is 0 Å². The summed E-state index contributed by atoms with van der Waals surface area (Å²) in [7, 11) is 0. The zero-order chi connectivity index (χ0) is 19.4. The fourth-order valence-electron chi connectivity index (χ4n) is 2.81. The van der Waals surface area contributed by atoms with Gasteiger partial charge in [-0.1, -0.05) is 67.6 Å². The maximum Gasteiger partial charge on any atom is 0.409 e. The van der Waals surface area contributed by atoms with Gasteiger partial charge in [0.2, 0.25) is 0 Å². The van der Waals surface area contributed by atoms with Crippen LogP contribution in [0.1, 0.15) is 18.1 Å². The van der Waals surface area contributed by atoms with E-state index in [0.29, 0.717) is 5.56 Å². The van der Waals surface area contributed by atoms with Crippen LogP contribution in [0, 0.1) is 5.82 Å². The number of hydrogen-bond acceptors (Lipinski definition) is 0. The molecule has 0 fully saturated rings. The molecule has 3 aromatic carbocycles. The predicted molar refractivity (Wildman–Crippen MR) is 102 cm³/mol. The highest BCUT2D eigenvalue weighted by Gasteiger charge is 2.22. The van der Waals surface area contributed by atoms with E-state index in [-0.39, 0.29) is 11.6 Å². The summed E-state index contributed by atoms with van der Waals surface area (Å²) in [5.41, 5.74) is 4.73. The Morgan fingerprint density at radius 3 is 1.70 bits per heavy atom. The van der Waals surface area contributed by atoms with Crippen molar-refractivity contribution in [2.75, 3.05) is 0 Å². The van der Waals surface area contributed by atoms with E-state index in [0.717, 1.165) is 29.2 Å². The molecule has 0 nitrogen and oxygen atoms in total. The van der Waals surface area contributed by atoms with Gasteiger partial charge < -0.3 is 0 Å². The van der Waals surface area contributed by atoms with Crippen LogP contribution in [-0.4, -0.2) is 6.18 Å². The lowest BCUT2D eigenvalue weighted by Gasteiger charge is -2.07. The topological polar surface area (TPSA) is 0 Å². The smallest absolute Gasteiger partial charge is 0.206 e. The van der Waals surface area contributed by atoms with E-state index < -0.39 is 12.0 Å². The molecule has 0 radical (unpaired) electrons. The van der Waals surface area contributed by atoms with Crippen molar-refractivity contribution in [3.8, 4) is 22.3 Å². The van der Waals surface area contributed by atoms with Crippen molar-refractivity contribution >= 4 is 6.08 Å². The van der Waals surface area contributed by atoms with Gasteiger partial charge in [0.25, 0.3) is 0 Å². The first-order valence-electron chi connectivity index (χ1n) is 8.61. The molecule has 0 aromatic heterocycles. The average Bonchev–Trinajstić information content (AvgIpc) is 2.66. The van der Waals surface area contributed by atoms with Crippen molar-refractivity contribution in [3.63, 3.8) is 0 Å². The second-order valence-electron chi connectivity index (χ2n) is 6.24. The van der Waals surface area contributed by atoms with Gasteiger partial charge in [-0.05, 0) is 46.4 Å². The van der Waals surface area contributed by atoms with Gasteiger partial charge >= 0.3 is 6.18 Å². The Hall–Kier alpha value is -2.88. The van der Waals surface area contributed by atoms with Crippen LogP contribution in [0.25, 0.3) is 28.3 Å². The first kappa shape index (κ1) is 18.9. The summed E-state index contributed by atoms with van der Waals surface area (Å²) in [6, 6.07) is 20.2. The second kappa shape index (κ2) is 7.78. The van der Waals surface area contributed by atoms with Gasteiger partial charge in [0.1, 0.15) is 5.82 Å². The first-order chi connectivity index (χ1) is 12.9. The molecule has 0 saturated heterocycles. The number of alkyl halides is 3. The third-order valence-electron chi connectivity index (χ3n) is 4.37. The fraction of sp³-hybridized carbons (Fsp3) is 0.130. The van der Waals surface area contributed by atoms with E-state index in [4.69, 9.17) is 0 Å². The Labute approximate surface area is 155 Å². The van der Waals surface area contributed by atoms with Crippen LogP contribution in [-0.2, 0) is 6.42 Å². The van der Waals surface area contributed by atoms with Crippen LogP contribution in [0.4, 0.5) is 17.6 Å². The second-order valence-corrected chi connectivity index (χ2v) is 6.24. The lowest BCUT2D eigenvalue weighted by Crippen LogP contribution is -2.00. The molecule has 27 heavy (non-hydrogen) atoms. The van der Waals surface area contributed by atoms with Crippen LogP contribution >= 0.6 is 0 Å². The third-order valence-corrected chi connectivity index (χ3v) is 4.37. The molecule has 0 unspecified atom stereocenters. The zero-order valence-corrected chi connectivity index (χ0v) is 14.7. The minimum absolute atomic E-state index is 0.0314. The molecule has 0 amide bonds. The van der Waals surface area contributed by atoms with Crippen LogP contribution < -0.4 is 0 Å². The summed E-state index contributed by atoms with van der Waals surface area (Å²) in [5.74, 6) is -0.688. The SMILES string of the molecule is CCc1ccc(-c2ccc(-c3ccc(/C=C/C(F)(F)F)c(F)c3)cc2)cc1. The van der Waals surface area contributed by atoms with Crippen molar-refractivity contribution in [1.29, 1.82) is 0 Å². The Kier molecular flexibility index (Phi) is 5.45. The van der Waals surface area contributed by atoms with Gasteiger partial charge in [-0.2, -0.15) is 13.2 Å². The van der Waals surface area contributed by atoms with Crippen LogP contribution in [0.5, 0.6) is 0 Å². The van der Waals surface area contributed by atoms with Crippen molar-refractivity contribution in [1.82, 2.24) is 0 Å². The Bertz CT molecular complexity index is 934. The first-order valence-corrected chi connectivity index (χ1v) is 8.61. The maximum atomic E-state index is 14.1. The van der Waals surface area contributed by atoms with Crippen LogP contribution in [0.2, 0.25) is 0 Å². The minimum atomic E-state index is -4.46. The largest absolute Gasteiger partial charge is 0.409 e. The van der Waals surface area contributed by atoms with Crippen molar-refractivity contribution in [2.24, 2.45) is 0 Å². The van der Waals surface area contributed by atoms with E-state index in [9.17, 15) is 17.6 Å². The fourth-order valence-corrected chi connectivity index (χ4v) is 2.81. The van der Waals surface area contributed by atoms with Gasteiger partial charge in [-0.25, -0.2) is 4.39 Å². The quantitative estimate of drug-likeness (QED) is 0.423. The summed E-state index contributed by atoms with van der Waals surface area (Å²) in [6.07, 6.45) is -2.71. The summed E-state index contributed by atoms with van der Waals surface area (Å²) in [5, 5.41) is 0. The molecule has 0 aliphatic carbocycles. The molecule has 0 heterocycles. The molecule has 0 saturated carbocycles. The lowest BCUT2D eigenvalue weighted by molar-refractivity contribution is -0.0790. The molecule has 4 heteroatoms. The summed E-state index contributed by atoms with van der Waals surface area (Å²) in [4.78, 5) is 0. The van der Waals surface area contributed by atoms with Crippen molar-refractivity contribution in [2.45, 2.75) is 19.5 Å². The molecular weight excluding hydrogens is 352 g/mol. The maximum absolute atomic E-state index is 14.1. The van der Waals surface area contributed by atoms with Crippen molar-refractivity contribution in [3.05, 3.63) is 89.8 Å². The molecule has 138 valence electrons. The normalized spacial score (nSPS) is 11.9. The van der Waals surface area contributed by atoms with E-state index in [1.54, 1.807) is 6.07 Å². The molecule has 0 aliphatic heterocycles. The van der Waals surface area contributed by atoms with Gasteiger partial charge in [0, 0.05) is 11.6 Å². The molecule has 0 N–H and O–H groups in total. The number of allylic oxidation sites excluding steroid dienone is 1. The molecule has 0 aliphatic rings. The third kappa shape index (κ3) is 4.85. The molecular formula is C23H18F4. The number of benzene rings is 3. The highest BCUT2D eigenvalue weighted by atomic mass is 19.4. The van der Waals surface area contributed by atoms with Crippen LogP contribution in [0.15, 0.2) is 72.8 Å². The lowest BCUT2D eigenvalue weighted by atomic mass is 9.98. The van der Waals surface area contributed by atoms with E-state index in [2.05, 4.69) is 31.2 Å². The standard InChI is InChI=1S/C23H18F4/c1-2-16-3-5-17(6-4-16)18-7-9-19(10-8-18)21-12-11-20(22(24)15-21)13-14-23(25,26)27/h3-15H,2H2,1H3/b14-13+. The molecule has 0 atom stereocenters. The zero-order valence-electron chi connectivity index (χ0n) is 14.7. The summed E-state index contributed by atoms with van der Waals surface area (Å²) in [6.45, 7) is 2.10. The number of rotatable bonds is 4. The van der Waals surface area contributed by atoms with Gasteiger partial charge in [-0.3, -0.25) is 0 Å². The highest BCUT2D eigenvalue weighted by molar-refractivity contribution is 5.71. The molecule has 3 rings (SSSR count). The van der Waals surface area contributed by atoms with E-state index >= 15 is 0 Å². The molecule has 3 aromatic rings. The Morgan fingerprint density at radius 1 is 0.741 bits per heavy atom. The average molecular weight is 370 g/mol. The monoisotopic (exact) mass is 370 g/mol. The highest BCUT2D eigenvalue weighted by Crippen LogP contribution is 2.27. The summed E-state index contributed by atoms with van der Waals surface area (Å²) < 4.78 is 50.8. The van der Waals surface area contributed by atoms with E-state index in [1.165, 1.54) is 17.7 Å². The minimum Gasteiger partial charge on any atom is -0.206 e. The summed E-state index contributed by atoms with van der Waals surface area (Å²) >= 11 is 0. The van der Waals surface area contributed by atoms with Gasteiger partial charge in [-0.15, -0.1) is 0 Å². The predicted octanol–water partition coefficient (Wildman–Crippen LogP) is 7.30. The number of hydrogen-bond donors (Lipinski definition) is 0. The Balaban J connectivity index is 1.82. The van der Waals surface area contributed by atoms with Crippen molar-refractivity contribution < 1.29 is 17.6 Å². The number of aryl methyl sites for hydroxylation is 1. The van der Waals surface area contributed by atoms with Gasteiger partial charge in [0.15, 0.2) is 0 Å². The van der Waals surface area contributed by atoms with Gasteiger partial charge in [0.05, 0.1) is 0 Å². The Morgan fingerprint density at radius 2 is 1.22 bits per heavy atom. The molecule has 0 spiro atoms.